The van der Waals surface area contributed by atoms with Crippen LogP contribution in [0.4, 0.5) is 5.82 Å². The van der Waals surface area contributed by atoms with Gasteiger partial charge in [-0.05, 0) is 19.1 Å². The smallest absolute Gasteiger partial charge is 0.281 e. The van der Waals surface area contributed by atoms with E-state index in [9.17, 15) is 9.59 Å². The molecule has 0 aliphatic rings. The molecule has 0 unspecified atom stereocenters. The Kier molecular flexibility index (Phi) is 3.76. The number of para-hydroxylation sites is 1. The van der Waals surface area contributed by atoms with Gasteiger partial charge in [0.1, 0.15) is 0 Å². The fourth-order valence-corrected chi connectivity index (χ4v) is 2.19. The van der Waals surface area contributed by atoms with E-state index in [0.717, 1.165) is 5.69 Å². The molecule has 2 heterocycles. The van der Waals surface area contributed by atoms with Crippen molar-refractivity contribution in [1.82, 2.24) is 19.6 Å². The number of nitrogens with one attached hydrogen (secondary N) is 1. The summed E-state index contributed by atoms with van der Waals surface area (Å²) >= 11 is 0. The Morgan fingerprint density at radius 1 is 1.13 bits per heavy atom. The highest BCUT2D eigenvalue weighted by atomic mass is 16.2. The highest BCUT2D eigenvalue weighted by molar-refractivity contribution is 6.02. The van der Waals surface area contributed by atoms with Gasteiger partial charge in [-0.15, -0.1) is 0 Å². The quantitative estimate of drug-likeness (QED) is 0.795. The van der Waals surface area contributed by atoms with Gasteiger partial charge in [0.2, 0.25) is 5.43 Å². The van der Waals surface area contributed by atoms with Crippen LogP contribution in [0.5, 0.6) is 0 Å². The van der Waals surface area contributed by atoms with E-state index in [2.05, 4.69) is 15.5 Å². The summed E-state index contributed by atoms with van der Waals surface area (Å²) in [6, 6.07) is 12.4. The van der Waals surface area contributed by atoms with Crippen molar-refractivity contribution in [1.29, 1.82) is 0 Å². The fraction of sp³-hybridized carbons (Fsp3) is 0.125. The lowest BCUT2D eigenvalue weighted by Crippen LogP contribution is -2.27. The Morgan fingerprint density at radius 3 is 2.52 bits per heavy atom. The molecule has 0 atom stereocenters. The van der Waals surface area contributed by atoms with Gasteiger partial charge in [-0.1, -0.05) is 18.2 Å². The van der Waals surface area contributed by atoms with Crippen molar-refractivity contribution < 1.29 is 4.79 Å². The van der Waals surface area contributed by atoms with E-state index in [0.29, 0.717) is 11.5 Å². The van der Waals surface area contributed by atoms with Crippen LogP contribution in [-0.4, -0.2) is 25.5 Å². The Morgan fingerprint density at radius 2 is 1.87 bits per heavy atom. The summed E-state index contributed by atoms with van der Waals surface area (Å²) in [7, 11) is 1.74. The number of benzene rings is 1. The number of amides is 1. The number of nitrogens with zero attached hydrogens (tertiary/aromatic N) is 4. The van der Waals surface area contributed by atoms with Crippen molar-refractivity contribution in [2.24, 2.45) is 7.05 Å². The summed E-state index contributed by atoms with van der Waals surface area (Å²) in [4.78, 5) is 24.4. The van der Waals surface area contributed by atoms with Gasteiger partial charge in [-0.25, -0.2) is 4.68 Å². The van der Waals surface area contributed by atoms with Crippen LogP contribution >= 0.6 is 0 Å². The minimum Gasteiger partial charge on any atom is -0.304 e. The first-order valence-corrected chi connectivity index (χ1v) is 7.02. The zero-order valence-electron chi connectivity index (χ0n) is 12.7. The van der Waals surface area contributed by atoms with Crippen LogP contribution in [0.2, 0.25) is 0 Å². The van der Waals surface area contributed by atoms with Crippen LogP contribution < -0.4 is 10.7 Å². The van der Waals surface area contributed by atoms with Gasteiger partial charge in [-0.3, -0.25) is 14.3 Å². The number of hydrogen-bond acceptors (Lipinski definition) is 4. The van der Waals surface area contributed by atoms with Crippen molar-refractivity contribution in [2.45, 2.75) is 6.92 Å². The zero-order valence-corrected chi connectivity index (χ0v) is 12.7. The Bertz CT molecular complexity index is 912. The van der Waals surface area contributed by atoms with Crippen LogP contribution in [0.15, 0.2) is 53.5 Å². The molecule has 1 N–H and O–H groups in total. The summed E-state index contributed by atoms with van der Waals surface area (Å²) in [6.45, 7) is 1.77. The lowest BCUT2D eigenvalue weighted by Gasteiger charge is -2.10. The lowest BCUT2D eigenvalue weighted by atomic mass is 10.2. The lowest BCUT2D eigenvalue weighted by molar-refractivity contribution is 0.101. The molecule has 0 saturated heterocycles. The van der Waals surface area contributed by atoms with Crippen LogP contribution in [0.25, 0.3) is 5.69 Å². The topological polar surface area (TPSA) is 81.8 Å². The molecule has 1 amide bonds. The number of anilines is 1. The highest BCUT2D eigenvalue weighted by Gasteiger charge is 2.16. The predicted octanol–water partition coefficient (Wildman–Crippen LogP) is 1.53. The van der Waals surface area contributed by atoms with Gasteiger partial charge in [-0.2, -0.15) is 10.2 Å². The molecule has 0 fully saturated rings. The maximum Gasteiger partial charge on any atom is 0.281 e. The molecule has 3 aromatic rings. The van der Waals surface area contributed by atoms with Crippen molar-refractivity contribution in [3.63, 3.8) is 0 Å². The second kappa shape index (κ2) is 5.88. The molecule has 116 valence electrons. The Balaban J connectivity index is 1.99. The minimum atomic E-state index is -0.585. The number of aromatic nitrogens is 4. The van der Waals surface area contributed by atoms with Gasteiger partial charge < -0.3 is 5.32 Å². The second-order valence-electron chi connectivity index (χ2n) is 5.07. The summed E-state index contributed by atoms with van der Waals surface area (Å²) in [5.41, 5.74) is 0.820. The minimum absolute atomic E-state index is 0.176. The zero-order chi connectivity index (χ0) is 16.4. The van der Waals surface area contributed by atoms with Crippen molar-refractivity contribution in [3.05, 3.63) is 70.3 Å². The van der Waals surface area contributed by atoms with Crippen molar-refractivity contribution >= 4 is 11.7 Å². The van der Waals surface area contributed by atoms with Crippen molar-refractivity contribution in [3.8, 4) is 5.69 Å². The molecule has 1 aromatic carbocycles. The summed E-state index contributed by atoms with van der Waals surface area (Å²) in [5, 5.41) is 10.8. The van der Waals surface area contributed by atoms with E-state index in [1.807, 2.05) is 30.3 Å². The molecule has 0 saturated carbocycles. The maximum absolute atomic E-state index is 12.3. The average Bonchev–Trinajstić information content (AvgIpc) is 2.93. The SMILES string of the molecule is Cc1cc(=O)c(C(=O)Nc2ccn(C)n2)nn1-c1ccccc1. The molecule has 0 radical (unpaired) electrons. The fourth-order valence-electron chi connectivity index (χ4n) is 2.19. The van der Waals surface area contributed by atoms with Gasteiger partial charge in [0.15, 0.2) is 11.5 Å². The summed E-state index contributed by atoms with van der Waals surface area (Å²) in [6.07, 6.45) is 1.69. The molecule has 2 aromatic heterocycles. The third-order valence-electron chi connectivity index (χ3n) is 3.28. The van der Waals surface area contributed by atoms with Gasteiger partial charge in [0, 0.05) is 31.1 Å². The molecule has 7 heteroatoms. The van der Waals surface area contributed by atoms with E-state index < -0.39 is 11.3 Å². The Hall–Kier alpha value is -3.22. The molecule has 7 nitrogen and oxygen atoms in total. The number of aryl methyl sites for hydroxylation is 2. The van der Waals surface area contributed by atoms with Crippen LogP contribution in [0, 0.1) is 6.92 Å². The third-order valence-corrected chi connectivity index (χ3v) is 3.28. The molecule has 23 heavy (non-hydrogen) atoms. The normalized spacial score (nSPS) is 10.5. The summed E-state index contributed by atoms with van der Waals surface area (Å²) in [5.74, 6) is -0.219. The average molecular weight is 309 g/mol. The largest absolute Gasteiger partial charge is 0.304 e. The monoisotopic (exact) mass is 309 g/mol. The first-order valence-electron chi connectivity index (χ1n) is 7.02. The van der Waals surface area contributed by atoms with Gasteiger partial charge in [0.05, 0.1) is 5.69 Å². The molecule has 0 spiro atoms. The number of hydrogen-bond donors (Lipinski definition) is 1. The van der Waals surface area contributed by atoms with Crippen LogP contribution in [0.1, 0.15) is 16.2 Å². The van der Waals surface area contributed by atoms with Gasteiger partial charge >= 0.3 is 0 Å². The van der Waals surface area contributed by atoms with E-state index in [1.165, 1.54) is 6.07 Å². The van der Waals surface area contributed by atoms with E-state index in [1.54, 1.807) is 35.6 Å². The highest BCUT2D eigenvalue weighted by Crippen LogP contribution is 2.09. The molecule has 3 rings (SSSR count). The first-order chi connectivity index (χ1) is 11.0. The van der Waals surface area contributed by atoms with Crippen molar-refractivity contribution in [2.75, 3.05) is 5.32 Å². The van der Waals surface area contributed by atoms with E-state index in [4.69, 9.17) is 0 Å². The Labute approximate surface area is 132 Å². The van der Waals surface area contributed by atoms with Gasteiger partial charge in [0.25, 0.3) is 5.91 Å². The van der Waals surface area contributed by atoms with Crippen LogP contribution in [-0.2, 0) is 7.05 Å². The third kappa shape index (κ3) is 3.03. The number of carbonyl (C=O) groups excluding carboxylic acids is 1. The number of carbonyl (C=O) groups is 1. The second-order valence-corrected chi connectivity index (χ2v) is 5.07. The van der Waals surface area contributed by atoms with E-state index in [-0.39, 0.29) is 5.69 Å². The molecule has 0 bridgehead atoms. The predicted molar refractivity (Wildman–Crippen MR) is 85.7 cm³/mol. The molecule has 0 aliphatic heterocycles. The molecular formula is C16H15N5O2. The standard InChI is InChI=1S/C16H15N5O2/c1-11-10-13(22)15(16(23)17-14-8-9-20(2)18-14)19-21(11)12-6-4-3-5-7-12/h3-10H,1-2H3,(H,17,18,23). The maximum atomic E-state index is 12.3. The van der Waals surface area contributed by atoms with Crippen LogP contribution in [0.3, 0.4) is 0 Å². The molecule has 0 aliphatic carbocycles. The molecular weight excluding hydrogens is 294 g/mol. The first kappa shape index (κ1) is 14.7. The van der Waals surface area contributed by atoms with E-state index >= 15 is 0 Å². The summed E-state index contributed by atoms with van der Waals surface area (Å²) < 4.78 is 3.12. The number of rotatable bonds is 3.